The number of hydrogen-bond donors (Lipinski definition) is 0. The fourth-order valence-electron chi connectivity index (χ4n) is 1.65. The zero-order chi connectivity index (χ0) is 9.03. The molecule has 0 bridgehead atoms. The molecule has 1 saturated carbocycles. The molecule has 1 nitrogen and oxygen atoms in total. The Morgan fingerprint density at radius 3 is 2.42 bits per heavy atom. The second-order valence-electron chi connectivity index (χ2n) is 4.04. The van der Waals surface area contributed by atoms with Crippen LogP contribution in [0, 0.1) is 0 Å². The topological polar surface area (TPSA) is 9.23 Å². The van der Waals surface area contributed by atoms with Crippen LogP contribution in [0.25, 0.3) is 0 Å². The maximum atomic E-state index is 5.99. The van der Waals surface area contributed by atoms with E-state index in [1.807, 2.05) is 0 Å². The highest BCUT2D eigenvalue weighted by Gasteiger charge is 2.23. The van der Waals surface area contributed by atoms with Crippen LogP contribution in [-0.2, 0) is 4.74 Å². The number of rotatable bonds is 3. The summed E-state index contributed by atoms with van der Waals surface area (Å²) in [6, 6.07) is 0. The summed E-state index contributed by atoms with van der Waals surface area (Å²) < 4.78 is 5.99. The van der Waals surface area contributed by atoms with Crippen molar-refractivity contribution in [3.05, 3.63) is 0 Å². The van der Waals surface area contributed by atoms with E-state index in [4.69, 9.17) is 4.74 Å². The Hall–Kier alpha value is 0.390. The Balaban J connectivity index is 2.28. The number of ether oxygens (including phenoxy) is 1. The third-order valence-corrected chi connectivity index (χ3v) is 3.23. The van der Waals surface area contributed by atoms with Crippen LogP contribution in [0.5, 0.6) is 0 Å². The van der Waals surface area contributed by atoms with E-state index in [1.165, 1.54) is 32.1 Å². The van der Waals surface area contributed by atoms with Gasteiger partial charge in [0.15, 0.2) is 0 Å². The number of hydrogen-bond acceptors (Lipinski definition) is 1. The highest BCUT2D eigenvalue weighted by atomic mass is 31.0. The molecule has 0 saturated heterocycles. The third-order valence-electron chi connectivity index (χ3n) is 2.69. The molecule has 0 heterocycles. The molecule has 0 N–H and O–H groups in total. The summed E-state index contributed by atoms with van der Waals surface area (Å²) in [6.07, 6.45) is 8.26. The van der Waals surface area contributed by atoms with Gasteiger partial charge in [0.05, 0.1) is 11.4 Å². The zero-order valence-electron chi connectivity index (χ0n) is 8.31. The lowest BCUT2D eigenvalue weighted by Crippen LogP contribution is -2.28. The molecule has 0 amide bonds. The van der Waals surface area contributed by atoms with Crippen molar-refractivity contribution in [3.8, 4) is 0 Å². The quantitative estimate of drug-likeness (QED) is 0.617. The van der Waals surface area contributed by atoms with Crippen LogP contribution in [0.2, 0.25) is 0 Å². The average Bonchev–Trinajstić information content (AvgIpc) is 2.06. The lowest BCUT2D eigenvalue weighted by atomic mass is 9.97. The highest BCUT2D eigenvalue weighted by Crippen LogP contribution is 2.30. The molecular weight excluding hydrogens is 167 g/mol. The minimum absolute atomic E-state index is 0.0159. The van der Waals surface area contributed by atoms with E-state index >= 15 is 0 Å². The molecule has 0 radical (unpaired) electrons. The summed E-state index contributed by atoms with van der Waals surface area (Å²) in [6.45, 7) is 4.34. The Labute approximate surface area is 78.5 Å². The minimum Gasteiger partial charge on any atom is -0.368 e. The molecule has 0 aromatic heterocycles. The van der Waals surface area contributed by atoms with Crippen molar-refractivity contribution >= 4 is 9.24 Å². The van der Waals surface area contributed by atoms with Crippen molar-refractivity contribution in [2.75, 3.05) is 0 Å². The monoisotopic (exact) mass is 188 g/mol. The van der Waals surface area contributed by atoms with E-state index in [1.54, 1.807) is 0 Å². The maximum Gasteiger partial charge on any atom is 0.0786 e. The molecule has 2 unspecified atom stereocenters. The van der Waals surface area contributed by atoms with Crippen molar-refractivity contribution in [2.45, 2.75) is 63.8 Å². The Kier molecular flexibility index (Phi) is 3.99. The van der Waals surface area contributed by atoms with Crippen LogP contribution in [0.1, 0.15) is 52.4 Å². The summed E-state index contributed by atoms with van der Waals surface area (Å²) in [4.78, 5) is 0. The first-order chi connectivity index (χ1) is 5.64. The van der Waals surface area contributed by atoms with E-state index in [9.17, 15) is 0 Å². The van der Waals surface area contributed by atoms with Gasteiger partial charge in [0.2, 0.25) is 0 Å². The summed E-state index contributed by atoms with van der Waals surface area (Å²) >= 11 is 0. The highest BCUT2D eigenvalue weighted by molar-refractivity contribution is 7.18. The van der Waals surface area contributed by atoms with Crippen molar-refractivity contribution < 1.29 is 4.74 Å². The van der Waals surface area contributed by atoms with Gasteiger partial charge < -0.3 is 4.74 Å². The van der Waals surface area contributed by atoms with Gasteiger partial charge in [-0.3, -0.25) is 0 Å². The average molecular weight is 188 g/mol. The normalized spacial score (nSPS) is 25.2. The Morgan fingerprint density at radius 1 is 1.33 bits per heavy atom. The van der Waals surface area contributed by atoms with E-state index < -0.39 is 0 Å². The fraction of sp³-hybridized carbons (Fsp3) is 1.00. The van der Waals surface area contributed by atoms with Crippen LogP contribution in [0.15, 0.2) is 0 Å². The molecule has 12 heavy (non-hydrogen) atoms. The second-order valence-corrected chi connectivity index (χ2v) is 5.27. The minimum atomic E-state index is 0.0159. The molecule has 72 valence electrons. The first kappa shape index (κ1) is 10.5. The first-order valence-electron chi connectivity index (χ1n) is 5.11. The third kappa shape index (κ3) is 3.41. The molecule has 1 rings (SSSR count). The molecule has 0 aliphatic heterocycles. The van der Waals surface area contributed by atoms with Crippen molar-refractivity contribution in [1.29, 1.82) is 0 Å². The molecule has 1 fully saturated rings. The standard InChI is InChI=1S/C10H21OP/c1-3-10(2,12)11-9-7-5-4-6-8-9/h9H,3-8,12H2,1-2H3. The van der Waals surface area contributed by atoms with E-state index in [2.05, 4.69) is 23.1 Å². The fourth-order valence-corrected chi connectivity index (χ4v) is 1.84. The van der Waals surface area contributed by atoms with Crippen LogP contribution in [0.4, 0.5) is 0 Å². The first-order valence-corrected chi connectivity index (χ1v) is 5.68. The largest absolute Gasteiger partial charge is 0.368 e. The summed E-state index contributed by atoms with van der Waals surface area (Å²) in [5.41, 5.74) is 0. The maximum absolute atomic E-state index is 5.99. The summed E-state index contributed by atoms with van der Waals surface area (Å²) in [7, 11) is 2.82. The van der Waals surface area contributed by atoms with Crippen molar-refractivity contribution in [2.24, 2.45) is 0 Å². The van der Waals surface area contributed by atoms with Crippen LogP contribution < -0.4 is 0 Å². The lowest BCUT2D eigenvalue weighted by Gasteiger charge is -2.31. The second kappa shape index (κ2) is 4.58. The van der Waals surface area contributed by atoms with Gasteiger partial charge >= 0.3 is 0 Å². The summed E-state index contributed by atoms with van der Waals surface area (Å²) in [5, 5.41) is 0.0159. The van der Waals surface area contributed by atoms with Gasteiger partial charge in [-0.1, -0.05) is 26.2 Å². The molecule has 0 aromatic rings. The predicted molar refractivity (Wildman–Crippen MR) is 56.4 cm³/mol. The Bertz CT molecular complexity index is 128. The molecule has 2 atom stereocenters. The van der Waals surface area contributed by atoms with E-state index in [0.717, 1.165) is 6.42 Å². The van der Waals surface area contributed by atoms with Crippen LogP contribution in [0.3, 0.4) is 0 Å². The molecule has 1 aliphatic carbocycles. The SMILES string of the molecule is CCC(C)(P)OC1CCCCC1. The van der Waals surface area contributed by atoms with Gasteiger partial charge in [-0.15, -0.1) is 9.24 Å². The van der Waals surface area contributed by atoms with Crippen molar-refractivity contribution in [1.82, 2.24) is 0 Å². The van der Waals surface area contributed by atoms with E-state index in [-0.39, 0.29) is 5.34 Å². The van der Waals surface area contributed by atoms with E-state index in [0.29, 0.717) is 6.10 Å². The van der Waals surface area contributed by atoms with Gasteiger partial charge in [0.25, 0.3) is 0 Å². The van der Waals surface area contributed by atoms with Gasteiger partial charge in [-0.2, -0.15) is 0 Å². The van der Waals surface area contributed by atoms with Gasteiger partial charge in [-0.05, 0) is 26.2 Å². The molecule has 0 spiro atoms. The van der Waals surface area contributed by atoms with Gasteiger partial charge in [0, 0.05) is 0 Å². The van der Waals surface area contributed by atoms with Crippen molar-refractivity contribution in [3.63, 3.8) is 0 Å². The smallest absolute Gasteiger partial charge is 0.0786 e. The predicted octanol–water partition coefficient (Wildman–Crippen LogP) is 3.34. The van der Waals surface area contributed by atoms with Crippen LogP contribution >= 0.6 is 9.24 Å². The molecular formula is C10H21OP. The zero-order valence-corrected chi connectivity index (χ0v) is 9.46. The van der Waals surface area contributed by atoms with Gasteiger partial charge in [0.1, 0.15) is 0 Å². The van der Waals surface area contributed by atoms with Crippen LogP contribution in [-0.4, -0.2) is 11.4 Å². The summed E-state index contributed by atoms with van der Waals surface area (Å²) in [5.74, 6) is 0. The lowest BCUT2D eigenvalue weighted by molar-refractivity contribution is -0.0434. The molecule has 2 heteroatoms. The van der Waals surface area contributed by atoms with Gasteiger partial charge in [-0.25, -0.2) is 0 Å². The Morgan fingerprint density at radius 2 is 1.92 bits per heavy atom. The molecule has 1 aliphatic rings. The molecule has 0 aromatic carbocycles.